The highest BCUT2D eigenvalue weighted by atomic mass is 19.1. The number of rotatable bonds is 5. The van der Waals surface area contributed by atoms with Gasteiger partial charge in [-0.3, -0.25) is 9.89 Å². The average molecular weight is 365 g/mol. The van der Waals surface area contributed by atoms with Crippen molar-refractivity contribution in [3.63, 3.8) is 0 Å². The molecule has 27 heavy (non-hydrogen) atoms. The molecule has 2 N–H and O–H groups in total. The second-order valence-electron chi connectivity index (χ2n) is 7.15. The number of benzene rings is 1. The fourth-order valence-corrected chi connectivity index (χ4v) is 3.95. The van der Waals surface area contributed by atoms with Crippen LogP contribution in [0.2, 0.25) is 0 Å². The number of H-pyrrole nitrogens is 1. The highest BCUT2D eigenvalue weighted by molar-refractivity contribution is 5.53. The van der Waals surface area contributed by atoms with Gasteiger partial charge in [-0.15, -0.1) is 0 Å². The molecule has 0 unspecified atom stereocenters. The topological polar surface area (TPSA) is 86.0 Å². The molecule has 0 spiro atoms. The molecule has 2 heterocycles. The van der Waals surface area contributed by atoms with Gasteiger partial charge in [0.15, 0.2) is 5.65 Å². The predicted molar refractivity (Wildman–Crippen MR) is 98.7 cm³/mol. The van der Waals surface area contributed by atoms with E-state index in [1.807, 2.05) is 18.2 Å². The Morgan fingerprint density at radius 1 is 1.33 bits per heavy atom. The van der Waals surface area contributed by atoms with Crippen LogP contribution in [0.4, 0.5) is 4.39 Å². The first-order chi connectivity index (χ1) is 13.1. The van der Waals surface area contributed by atoms with Gasteiger partial charge in [0.05, 0.1) is 5.69 Å². The second-order valence-corrected chi connectivity index (χ2v) is 7.15. The highest BCUT2D eigenvalue weighted by Gasteiger charge is 2.34. The van der Waals surface area contributed by atoms with Crippen molar-refractivity contribution >= 4 is 5.65 Å². The lowest BCUT2D eigenvalue weighted by Gasteiger charge is -2.31. The summed E-state index contributed by atoms with van der Waals surface area (Å²) in [5, 5.41) is 15.4. The van der Waals surface area contributed by atoms with Gasteiger partial charge in [0.2, 0.25) is 0 Å². The zero-order chi connectivity index (χ0) is 18.9. The van der Waals surface area contributed by atoms with Crippen LogP contribution in [-0.2, 0) is 13.0 Å². The van der Waals surface area contributed by atoms with E-state index in [1.54, 1.807) is 6.07 Å². The number of hydrogen-bond acceptors (Lipinski definition) is 4. The fraction of sp³-hybridized carbons (Fsp3) is 0.350. The molecule has 6 nitrogen and oxygen atoms in total. The summed E-state index contributed by atoms with van der Waals surface area (Å²) < 4.78 is 15.4. The van der Waals surface area contributed by atoms with Gasteiger partial charge in [-0.1, -0.05) is 31.0 Å². The zero-order valence-corrected chi connectivity index (χ0v) is 14.8. The highest BCUT2D eigenvalue weighted by Crippen LogP contribution is 2.33. The van der Waals surface area contributed by atoms with Crippen molar-refractivity contribution in [1.29, 1.82) is 5.26 Å². The van der Waals surface area contributed by atoms with E-state index >= 15 is 0 Å². The van der Waals surface area contributed by atoms with E-state index < -0.39 is 0 Å². The van der Waals surface area contributed by atoms with Gasteiger partial charge in [-0.2, -0.15) is 5.26 Å². The Kier molecular flexibility index (Phi) is 4.50. The first-order valence-electron chi connectivity index (χ1n) is 9.09. The Morgan fingerprint density at radius 3 is 2.85 bits per heavy atom. The Morgan fingerprint density at radius 2 is 2.11 bits per heavy atom. The molecule has 7 heteroatoms. The van der Waals surface area contributed by atoms with Gasteiger partial charge < -0.3 is 5.32 Å². The lowest BCUT2D eigenvalue weighted by atomic mass is 9.88. The molecule has 0 aliphatic heterocycles. The quantitative estimate of drug-likeness (QED) is 0.728. The van der Waals surface area contributed by atoms with Crippen LogP contribution in [0.15, 0.2) is 41.3 Å². The third-order valence-electron chi connectivity index (χ3n) is 5.36. The summed E-state index contributed by atoms with van der Waals surface area (Å²) in [6.07, 6.45) is 6.17. The zero-order valence-electron chi connectivity index (χ0n) is 14.8. The maximum atomic E-state index is 14.1. The molecule has 0 bridgehead atoms. The van der Waals surface area contributed by atoms with Gasteiger partial charge in [0, 0.05) is 24.3 Å². The summed E-state index contributed by atoms with van der Waals surface area (Å²) in [5.74, 6) is -0.186. The van der Waals surface area contributed by atoms with Crippen LogP contribution in [0, 0.1) is 17.1 Å². The van der Waals surface area contributed by atoms with E-state index in [-0.39, 0.29) is 16.9 Å². The summed E-state index contributed by atoms with van der Waals surface area (Å²) in [6.45, 7) is 0.399. The Balaban J connectivity index is 1.59. The first-order valence-corrected chi connectivity index (χ1v) is 9.09. The molecule has 3 aromatic rings. The first kappa shape index (κ1) is 17.4. The Hall–Kier alpha value is -2.98. The van der Waals surface area contributed by atoms with Crippen molar-refractivity contribution in [2.24, 2.45) is 0 Å². The van der Waals surface area contributed by atoms with E-state index in [1.165, 1.54) is 22.8 Å². The van der Waals surface area contributed by atoms with Crippen molar-refractivity contribution < 1.29 is 4.39 Å². The van der Waals surface area contributed by atoms with Crippen LogP contribution in [0.25, 0.3) is 5.65 Å². The van der Waals surface area contributed by atoms with Crippen molar-refractivity contribution in [3.05, 3.63) is 69.5 Å². The summed E-state index contributed by atoms with van der Waals surface area (Å²) in [7, 11) is 0. The largest absolute Gasteiger partial charge is 0.305 e. The minimum absolute atomic E-state index is 0.186. The van der Waals surface area contributed by atoms with Gasteiger partial charge in [0.1, 0.15) is 17.4 Å². The SMILES string of the molecule is N#Cc1c[nH]n2c(=O)cc(CNC3(Cc4ccccc4F)CCCC3)nc12. The number of hydrogen-bond donors (Lipinski definition) is 2. The molecular weight excluding hydrogens is 345 g/mol. The smallest absolute Gasteiger partial charge is 0.272 e. The predicted octanol–water partition coefficient (Wildman–Crippen LogP) is 2.68. The van der Waals surface area contributed by atoms with Crippen molar-refractivity contribution in [2.75, 3.05) is 0 Å². The fourth-order valence-electron chi connectivity index (χ4n) is 3.95. The summed E-state index contributed by atoms with van der Waals surface area (Å²) >= 11 is 0. The average Bonchev–Trinajstić information content (AvgIpc) is 3.29. The standard InChI is InChI=1S/C20H20FN5O/c21-17-6-2-1-5-14(17)10-20(7-3-4-8-20)23-13-16-9-18(27)26-19(25-16)15(11-22)12-24-26/h1-2,5-6,9,12,23-24H,3-4,7-8,10,13H2. The van der Waals surface area contributed by atoms with Gasteiger partial charge >= 0.3 is 0 Å². The molecule has 1 aliphatic rings. The summed E-state index contributed by atoms with van der Waals surface area (Å²) in [5.41, 5.74) is 1.48. The second kappa shape index (κ2) is 6.97. The van der Waals surface area contributed by atoms with E-state index in [0.29, 0.717) is 35.4 Å². The summed E-state index contributed by atoms with van der Waals surface area (Å²) in [6, 6.07) is 10.4. The molecule has 0 amide bonds. The van der Waals surface area contributed by atoms with Crippen LogP contribution >= 0.6 is 0 Å². The summed E-state index contributed by atoms with van der Waals surface area (Å²) in [4.78, 5) is 16.7. The molecule has 2 aromatic heterocycles. The van der Waals surface area contributed by atoms with Gasteiger partial charge in [-0.05, 0) is 30.9 Å². The minimum Gasteiger partial charge on any atom is -0.305 e. The number of fused-ring (bicyclic) bond motifs is 1. The molecule has 0 radical (unpaired) electrons. The lowest BCUT2D eigenvalue weighted by molar-refractivity contribution is 0.321. The van der Waals surface area contributed by atoms with E-state index in [0.717, 1.165) is 25.7 Å². The molecule has 4 rings (SSSR count). The molecule has 138 valence electrons. The molecule has 1 fully saturated rings. The Labute approximate surface area is 155 Å². The number of aromatic nitrogens is 3. The molecule has 1 aromatic carbocycles. The maximum Gasteiger partial charge on any atom is 0.272 e. The van der Waals surface area contributed by atoms with Crippen molar-refractivity contribution in [2.45, 2.75) is 44.2 Å². The molecule has 1 saturated carbocycles. The number of aromatic amines is 1. The number of nitrogens with one attached hydrogen (secondary N) is 2. The number of nitrogens with zero attached hydrogens (tertiary/aromatic N) is 3. The van der Waals surface area contributed by atoms with Crippen molar-refractivity contribution in [3.8, 4) is 6.07 Å². The van der Waals surface area contributed by atoms with E-state index in [2.05, 4.69) is 15.4 Å². The monoisotopic (exact) mass is 365 g/mol. The van der Waals surface area contributed by atoms with Gasteiger partial charge in [0.25, 0.3) is 5.56 Å². The molecule has 0 saturated heterocycles. The van der Waals surface area contributed by atoms with Crippen LogP contribution in [0.1, 0.15) is 42.5 Å². The number of halogens is 1. The number of nitriles is 1. The van der Waals surface area contributed by atoms with Gasteiger partial charge in [-0.25, -0.2) is 13.9 Å². The van der Waals surface area contributed by atoms with E-state index in [9.17, 15) is 9.18 Å². The van der Waals surface area contributed by atoms with E-state index in [4.69, 9.17) is 5.26 Å². The van der Waals surface area contributed by atoms with Crippen LogP contribution in [0.5, 0.6) is 0 Å². The third kappa shape index (κ3) is 3.36. The molecule has 1 aliphatic carbocycles. The normalized spacial score (nSPS) is 15.9. The van der Waals surface area contributed by atoms with Crippen LogP contribution in [0.3, 0.4) is 0 Å². The van der Waals surface area contributed by atoms with Crippen LogP contribution < -0.4 is 10.9 Å². The minimum atomic E-state index is -0.257. The Bertz CT molecular complexity index is 1070. The maximum absolute atomic E-state index is 14.1. The molecular formula is C20H20FN5O. The van der Waals surface area contributed by atoms with Crippen molar-refractivity contribution in [1.82, 2.24) is 19.9 Å². The van der Waals surface area contributed by atoms with Crippen LogP contribution in [-0.4, -0.2) is 20.1 Å². The molecule has 0 atom stereocenters. The third-order valence-corrected chi connectivity index (χ3v) is 5.36. The lowest BCUT2D eigenvalue weighted by Crippen LogP contribution is -2.44.